The van der Waals surface area contributed by atoms with Gasteiger partial charge in [0.25, 0.3) is 0 Å². The van der Waals surface area contributed by atoms with Gasteiger partial charge in [-0.1, -0.05) is 127 Å². The average Bonchev–Trinajstić information content (AvgIpc) is 3.70. The van der Waals surface area contributed by atoms with Crippen molar-refractivity contribution in [2.24, 2.45) is 0 Å². The molecule has 0 amide bonds. The molecule has 9 aromatic carbocycles. The molecule has 0 bridgehead atoms. The van der Waals surface area contributed by atoms with Gasteiger partial charge in [-0.25, -0.2) is 0 Å². The molecule has 3 heteroatoms. The highest BCUT2D eigenvalue weighted by Gasteiger charge is 2.26. The SMILES string of the molecule is c1ccc2c(-n3c4ccccc4c4c3c3ncccc3c3c5ccccc5n(-c5ccc6ccc7cccc8ccc5c6c78)c34)cccc2c1. The van der Waals surface area contributed by atoms with Crippen LogP contribution >= 0.6 is 0 Å². The molecule has 3 aromatic heterocycles. The van der Waals surface area contributed by atoms with Crippen molar-refractivity contribution in [2.45, 2.75) is 0 Å². The van der Waals surface area contributed by atoms with Crippen molar-refractivity contribution in [3.63, 3.8) is 0 Å². The summed E-state index contributed by atoms with van der Waals surface area (Å²) in [4.78, 5) is 5.19. The highest BCUT2D eigenvalue weighted by atomic mass is 15.0. The van der Waals surface area contributed by atoms with E-state index in [1.54, 1.807) is 0 Å². The zero-order valence-corrected chi connectivity index (χ0v) is 26.9. The van der Waals surface area contributed by atoms with E-state index in [1.165, 1.54) is 86.9 Å². The summed E-state index contributed by atoms with van der Waals surface area (Å²) in [7, 11) is 0. The van der Waals surface area contributed by atoms with E-state index in [1.807, 2.05) is 6.20 Å². The molecule has 0 radical (unpaired) electrons. The number of para-hydroxylation sites is 2. The molecule has 0 aliphatic carbocycles. The molecule has 0 aliphatic rings. The average molecular weight is 634 g/mol. The number of hydrogen-bond acceptors (Lipinski definition) is 1. The lowest BCUT2D eigenvalue weighted by Crippen LogP contribution is -1.99. The van der Waals surface area contributed by atoms with Crippen LogP contribution in [0.25, 0.3) is 109 Å². The molecule has 50 heavy (non-hydrogen) atoms. The van der Waals surface area contributed by atoms with Gasteiger partial charge in [0.15, 0.2) is 0 Å². The number of nitrogens with zero attached hydrogens (tertiary/aromatic N) is 3. The van der Waals surface area contributed by atoms with E-state index in [4.69, 9.17) is 4.98 Å². The second-order valence-electron chi connectivity index (χ2n) is 13.5. The number of fused-ring (bicyclic) bond motifs is 11. The molecule has 3 heterocycles. The highest BCUT2D eigenvalue weighted by Crippen LogP contribution is 2.48. The fourth-order valence-corrected chi connectivity index (χ4v) is 9.07. The number of rotatable bonds is 2. The van der Waals surface area contributed by atoms with Gasteiger partial charge < -0.3 is 9.13 Å². The molecule has 0 fully saturated rings. The van der Waals surface area contributed by atoms with Crippen molar-refractivity contribution in [1.82, 2.24) is 14.1 Å². The van der Waals surface area contributed by atoms with Gasteiger partial charge in [-0.2, -0.15) is 0 Å². The first-order chi connectivity index (χ1) is 24.8. The van der Waals surface area contributed by atoms with Gasteiger partial charge in [0.1, 0.15) is 0 Å². The van der Waals surface area contributed by atoms with Gasteiger partial charge in [-0.05, 0) is 62.6 Å². The quantitative estimate of drug-likeness (QED) is 0.174. The Kier molecular flexibility index (Phi) is 4.97. The number of benzene rings is 9. The minimum Gasteiger partial charge on any atom is -0.308 e. The first-order valence-electron chi connectivity index (χ1n) is 17.2. The third-order valence-corrected chi connectivity index (χ3v) is 11.0. The first kappa shape index (κ1) is 26.3. The summed E-state index contributed by atoms with van der Waals surface area (Å²) in [5.41, 5.74) is 8.07. The van der Waals surface area contributed by atoms with Crippen molar-refractivity contribution in [3.05, 3.63) is 164 Å². The Morgan fingerprint density at radius 2 is 0.880 bits per heavy atom. The van der Waals surface area contributed by atoms with Gasteiger partial charge in [0, 0.05) is 43.9 Å². The Labute approximate surface area is 286 Å². The maximum Gasteiger partial charge on any atom is 0.0956 e. The molecule has 0 spiro atoms. The van der Waals surface area contributed by atoms with Crippen molar-refractivity contribution < 1.29 is 0 Å². The van der Waals surface area contributed by atoms with E-state index in [-0.39, 0.29) is 0 Å². The van der Waals surface area contributed by atoms with Crippen LogP contribution in [0.1, 0.15) is 0 Å². The largest absolute Gasteiger partial charge is 0.308 e. The lowest BCUT2D eigenvalue weighted by atomic mass is 9.93. The Morgan fingerprint density at radius 3 is 1.70 bits per heavy atom. The molecule has 12 aromatic rings. The number of aromatic nitrogens is 3. The lowest BCUT2D eigenvalue weighted by molar-refractivity contribution is 1.19. The van der Waals surface area contributed by atoms with Crippen LogP contribution in [0.2, 0.25) is 0 Å². The van der Waals surface area contributed by atoms with Gasteiger partial charge in [-0.3, -0.25) is 4.98 Å². The minimum atomic E-state index is 1.01. The van der Waals surface area contributed by atoms with Gasteiger partial charge in [-0.15, -0.1) is 0 Å². The van der Waals surface area contributed by atoms with Crippen LogP contribution in [0, 0.1) is 0 Å². The molecule has 0 N–H and O–H groups in total. The van der Waals surface area contributed by atoms with Gasteiger partial charge in [0.2, 0.25) is 0 Å². The van der Waals surface area contributed by atoms with Crippen molar-refractivity contribution in [1.29, 1.82) is 0 Å². The maximum absolute atomic E-state index is 5.19. The normalized spacial score (nSPS) is 12.4. The number of hydrogen-bond donors (Lipinski definition) is 0. The van der Waals surface area contributed by atoms with Crippen LogP contribution in [0.15, 0.2) is 164 Å². The van der Waals surface area contributed by atoms with Crippen LogP contribution in [0.5, 0.6) is 0 Å². The molecule has 0 aliphatic heterocycles. The third kappa shape index (κ3) is 3.22. The summed E-state index contributed by atoms with van der Waals surface area (Å²) in [5, 5.41) is 16.2. The standard InChI is InChI=1S/C47H27N3/c1-2-14-32-28(10-1)11-8-20-37(32)50-39-19-6-4-16-34(39)44-46-43(36-17-9-27-48-45(36)47(44)50)33-15-3-5-18-38(33)49(46)40-26-24-31-22-21-29-12-7-13-30-23-25-35(40)42(31)41(29)30/h1-27H. The Morgan fingerprint density at radius 1 is 0.320 bits per heavy atom. The van der Waals surface area contributed by atoms with Crippen LogP contribution in [-0.4, -0.2) is 14.1 Å². The van der Waals surface area contributed by atoms with Crippen LogP contribution < -0.4 is 0 Å². The van der Waals surface area contributed by atoms with Crippen molar-refractivity contribution >= 4 is 97.6 Å². The molecule has 0 atom stereocenters. The molecule has 0 saturated heterocycles. The van der Waals surface area contributed by atoms with Gasteiger partial charge in [0.05, 0.1) is 39.0 Å². The van der Waals surface area contributed by atoms with Crippen LogP contribution in [0.3, 0.4) is 0 Å². The molecule has 0 unspecified atom stereocenters. The minimum absolute atomic E-state index is 1.01. The summed E-state index contributed by atoms with van der Waals surface area (Å²) in [5.74, 6) is 0. The monoisotopic (exact) mass is 633 g/mol. The molecule has 12 rings (SSSR count). The zero-order chi connectivity index (χ0) is 32.5. The van der Waals surface area contributed by atoms with Crippen LogP contribution in [0.4, 0.5) is 0 Å². The first-order valence-corrected chi connectivity index (χ1v) is 17.2. The summed E-state index contributed by atoms with van der Waals surface area (Å²) in [6.45, 7) is 0. The summed E-state index contributed by atoms with van der Waals surface area (Å²) < 4.78 is 5.01. The van der Waals surface area contributed by atoms with Gasteiger partial charge >= 0.3 is 0 Å². The van der Waals surface area contributed by atoms with E-state index in [2.05, 4.69) is 167 Å². The molecule has 0 saturated carbocycles. The lowest BCUT2D eigenvalue weighted by Gasteiger charge is -2.17. The maximum atomic E-state index is 5.19. The second kappa shape index (κ2) is 9.46. The topological polar surface area (TPSA) is 22.8 Å². The van der Waals surface area contributed by atoms with E-state index in [0.717, 1.165) is 22.1 Å². The Hall–Kier alpha value is -6.71. The second-order valence-corrected chi connectivity index (χ2v) is 13.5. The highest BCUT2D eigenvalue weighted by molar-refractivity contribution is 6.36. The molecular formula is C47H27N3. The van der Waals surface area contributed by atoms with Crippen LogP contribution in [-0.2, 0) is 0 Å². The summed E-state index contributed by atoms with van der Waals surface area (Å²) in [6.07, 6.45) is 1.94. The number of pyridine rings is 1. The Balaban J connectivity index is 1.37. The predicted octanol–water partition coefficient (Wildman–Crippen LogP) is 12.5. The van der Waals surface area contributed by atoms with E-state index >= 15 is 0 Å². The molecule has 230 valence electrons. The van der Waals surface area contributed by atoms with E-state index in [0.29, 0.717) is 0 Å². The van der Waals surface area contributed by atoms with E-state index < -0.39 is 0 Å². The fraction of sp³-hybridized carbons (Fsp3) is 0. The molecule has 3 nitrogen and oxygen atoms in total. The Bertz CT molecular complexity index is 3360. The van der Waals surface area contributed by atoms with E-state index in [9.17, 15) is 0 Å². The zero-order valence-electron chi connectivity index (χ0n) is 26.9. The fourth-order valence-electron chi connectivity index (χ4n) is 9.07. The third-order valence-electron chi connectivity index (χ3n) is 11.0. The summed E-state index contributed by atoms with van der Waals surface area (Å²) in [6, 6.07) is 57.9. The van der Waals surface area contributed by atoms with Crippen molar-refractivity contribution in [2.75, 3.05) is 0 Å². The smallest absolute Gasteiger partial charge is 0.0956 e. The summed E-state index contributed by atoms with van der Waals surface area (Å²) >= 11 is 0. The molecular weight excluding hydrogens is 607 g/mol. The van der Waals surface area contributed by atoms with Crippen molar-refractivity contribution in [3.8, 4) is 11.4 Å². The predicted molar refractivity (Wildman–Crippen MR) is 212 cm³/mol.